The van der Waals surface area contributed by atoms with E-state index in [-0.39, 0.29) is 23.7 Å². The molecule has 2 unspecified atom stereocenters. The van der Waals surface area contributed by atoms with E-state index in [4.69, 9.17) is 20.2 Å². The Labute approximate surface area is 335 Å². The highest BCUT2D eigenvalue weighted by atomic mass is 32.1. The number of hydrogen-bond acceptors (Lipinski definition) is 13. The number of nitrogens with one attached hydrogen (secondary N) is 1. The van der Waals surface area contributed by atoms with Gasteiger partial charge >= 0.3 is 0 Å². The topological polar surface area (TPSA) is 172 Å². The summed E-state index contributed by atoms with van der Waals surface area (Å²) in [5.74, 6) is 0.773. The maximum Gasteiger partial charge on any atom is 0.234 e. The minimum atomic E-state index is -0.310. The number of piperazine rings is 1. The van der Waals surface area contributed by atoms with Gasteiger partial charge in [0, 0.05) is 75.1 Å². The fourth-order valence-corrected chi connectivity index (χ4v) is 9.98. The van der Waals surface area contributed by atoms with E-state index >= 15 is 0 Å². The van der Waals surface area contributed by atoms with E-state index in [9.17, 15) is 20.1 Å². The van der Waals surface area contributed by atoms with Crippen molar-refractivity contribution in [2.24, 2.45) is 11.8 Å². The third kappa shape index (κ3) is 7.45. The average Bonchev–Trinajstić information content (AvgIpc) is 3.95. The summed E-state index contributed by atoms with van der Waals surface area (Å²) in [6, 6.07) is 17.3. The molecule has 9 rings (SSSR count). The molecule has 4 fully saturated rings. The standard InChI is InChI=1S/C42H44N12O2S/c1-26(18-43)2-3-29-17-36(37-9-7-31-16-28(19-44)20-47-54(31)37)45-22-35(29)41-49-50-42(57-41)52-24-32-5-6-33(25-52)53(32)23-27-12-14-51(15-13-27)38-10-4-30(21-46-38)34-8-11-39(55)48-40(34)56/h4,7,9-10,16-17,20-22,26-27,32-34H,2-3,5-6,8,11-15,23-25H2,1H3,(H,48,55,56)/t26-,32?,33?,34-/m1/s1. The Balaban J connectivity index is 0.837. The number of carbonyl (C=O) groups is 2. The van der Waals surface area contributed by atoms with Gasteiger partial charge in [0.15, 0.2) is 5.01 Å². The summed E-state index contributed by atoms with van der Waals surface area (Å²) >= 11 is 1.62. The highest BCUT2D eigenvalue weighted by Gasteiger charge is 2.42. The Bertz CT molecular complexity index is 2370. The van der Waals surface area contributed by atoms with Crippen LogP contribution in [0.3, 0.4) is 0 Å². The number of fused-ring (bicyclic) bond motifs is 3. The number of hydrogen-bond donors (Lipinski definition) is 1. The first-order chi connectivity index (χ1) is 27.8. The highest BCUT2D eigenvalue weighted by molar-refractivity contribution is 7.18. The molecule has 57 heavy (non-hydrogen) atoms. The number of nitrogens with zero attached hydrogens (tertiary/aromatic N) is 11. The van der Waals surface area contributed by atoms with Gasteiger partial charge in [-0.15, -0.1) is 10.2 Å². The van der Waals surface area contributed by atoms with Crippen molar-refractivity contribution in [3.05, 3.63) is 71.7 Å². The molecule has 2 bridgehead atoms. The Kier molecular flexibility index (Phi) is 10.1. The second-order valence-electron chi connectivity index (χ2n) is 16.0. The fraction of sp³-hybridized carbons (Fsp3) is 0.452. The van der Waals surface area contributed by atoms with Gasteiger partial charge in [0.2, 0.25) is 16.9 Å². The Morgan fingerprint density at radius 3 is 2.49 bits per heavy atom. The second kappa shape index (κ2) is 15.6. The molecule has 290 valence electrons. The van der Waals surface area contributed by atoms with Crippen molar-refractivity contribution in [1.82, 2.24) is 40.0 Å². The van der Waals surface area contributed by atoms with Gasteiger partial charge in [-0.25, -0.2) is 9.50 Å². The molecule has 5 aromatic rings. The number of aryl methyl sites for hydroxylation is 1. The van der Waals surface area contributed by atoms with Gasteiger partial charge in [0.1, 0.15) is 11.9 Å². The van der Waals surface area contributed by atoms with E-state index in [2.05, 4.69) is 43.3 Å². The molecule has 0 spiro atoms. The fourth-order valence-electron chi connectivity index (χ4n) is 9.07. The summed E-state index contributed by atoms with van der Waals surface area (Å²) in [7, 11) is 0. The molecule has 15 heteroatoms. The SMILES string of the molecule is C[C@@H](C#N)CCc1cc(-c2ccc3cc(C#N)cnn23)ncc1-c1nnc(N2CC3CCC(C2)N3CC2CCN(c3ccc([C@H]4CCC(=O)NC4=O)cn3)CC2)s1. The molecule has 0 saturated carbocycles. The van der Waals surface area contributed by atoms with Crippen molar-refractivity contribution >= 4 is 39.6 Å². The average molecular weight is 781 g/mol. The zero-order valence-electron chi connectivity index (χ0n) is 31.9. The third-order valence-electron chi connectivity index (χ3n) is 12.3. The van der Waals surface area contributed by atoms with Gasteiger partial charge in [-0.2, -0.15) is 15.6 Å². The van der Waals surface area contributed by atoms with Crippen LogP contribution in [0.1, 0.15) is 74.5 Å². The number of nitriles is 2. The van der Waals surface area contributed by atoms with E-state index in [1.807, 2.05) is 43.5 Å². The lowest BCUT2D eigenvalue weighted by Gasteiger charge is -2.43. The molecule has 2 amide bonds. The first-order valence-corrected chi connectivity index (χ1v) is 20.8. The number of aromatic nitrogens is 6. The largest absolute Gasteiger partial charge is 0.357 e. The Morgan fingerprint density at radius 2 is 1.75 bits per heavy atom. The van der Waals surface area contributed by atoms with Crippen LogP contribution in [-0.4, -0.2) is 91.3 Å². The van der Waals surface area contributed by atoms with Gasteiger partial charge in [-0.3, -0.25) is 24.8 Å². The van der Waals surface area contributed by atoms with E-state index in [0.29, 0.717) is 42.8 Å². The molecule has 0 aliphatic carbocycles. The van der Waals surface area contributed by atoms with Crippen LogP contribution in [0.4, 0.5) is 10.9 Å². The van der Waals surface area contributed by atoms with E-state index in [0.717, 1.165) is 102 Å². The second-order valence-corrected chi connectivity index (χ2v) is 16.9. The number of imide groups is 1. The Morgan fingerprint density at radius 1 is 0.930 bits per heavy atom. The van der Waals surface area contributed by atoms with Crippen molar-refractivity contribution in [3.63, 3.8) is 0 Å². The van der Waals surface area contributed by atoms with E-state index in [1.165, 1.54) is 12.8 Å². The molecule has 5 aromatic heterocycles. The van der Waals surface area contributed by atoms with Crippen molar-refractivity contribution in [2.75, 3.05) is 42.5 Å². The molecular weight excluding hydrogens is 737 g/mol. The van der Waals surface area contributed by atoms with Crippen LogP contribution in [0.2, 0.25) is 0 Å². The number of carbonyl (C=O) groups excluding carboxylic acids is 2. The van der Waals surface area contributed by atoms with Crippen LogP contribution < -0.4 is 15.1 Å². The van der Waals surface area contributed by atoms with Crippen molar-refractivity contribution < 1.29 is 9.59 Å². The molecule has 0 aromatic carbocycles. The monoisotopic (exact) mass is 780 g/mol. The number of pyridine rings is 2. The predicted molar refractivity (Wildman–Crippen MR) is 215 cm³/mol. The number of anilines is 2. The quantitative estimate of drug-likeness (QED) is 0.180. The molecule has 9 heterocycles. The molecule has 14 nitrogen and oxygen atoms in total. The first-order valence-electron chi connectivity index (χ1n) is 20.0. The van der Waals surface area contributed by atoms with Crippen LogP contribution in [0, 0.1) is 34.5 Å². The van der Waals surface area contributed by atoms with Crippen LogP contribution in [0.25, 0.3) is 27.5 Å². The summed E-state index contributed by atoms with van der Waals surface area (Å²) in [6.45, 7) is 6.89. The number of rotatable bonds is 10. The highest BCUT2D eigenvalue weighted by Crippen LogP contribution is 2.39. The van der Waals surface area contributed by atoms with Gasteiger partial charge in [-0.05, 0) is 99.2 Å². The summed E-state index contributed by atoms with van der Waals surface area (Å²) in [4.78, 5) is 41.0. The van der Waals surface area contributed by atoms with Crippen molar-refractivity contribution in [1.29, 1.82) is 10.5 Å². The van der Waals surface area contributed by atoms with Crippen LogP contribution in [0.5, 0.6) is 0 Å². The van der Waals surface area contributed by atoms with E-state index < -0.39 is 0 Å². The molecule has 4 aliphatic heterocycles. The van der Waals surface area contributed by atoms with Gasteiger partial charge < -0.3 is 9.80 Å². The van der Waals surface area contributed by atoms with Crippen molar-refractivity contribution in [2.45, 2.75) is 76.3 Å². The lowest BCUT2D eigenvalue weighted by Crippen LogP contribution is -2.55. The summed E-state index contributed by atoms with van der Waals surface area (Å²) in [5, 5.41) is 37.0. The molecule has 0 radical (unpaired) electrons. The van der Waals surface area contributed by atoms with Gasteiger partial charge in [0.05, 0.1) is 40.7 Å². The normalized spacial score (nSPS) is 22.1. The molecule has 1 N–H and O–H groups in total. The number of piperidine rings is 2. The first kappa shape index (κ1) is 36.8. The predicted octanol–water partition coefficient (Wildman–Crippen LogP) is 5.36. The van der Waals surface area contributed by atoms with Crippen LogP contribution in [0.15, 0.2) is 55.0 Å². The molecule has 4 saturated heterocycles. The molecule has 4 aliphatic rings. The minimum absolute atomic E-state index is 0.0816. The lowest BCUT2D eigenvalue weighted by atomic mass is 9.91. The number of amides is 2. The van der Waals surface area contributed by atoms with Gasteiger partial charge in [0.25, 0.3) is 0 Å². The maximum atomic E-state index is 12.3. The molecule has 4 atom stereocenters. The summed E-state index contributed by atoms with van der Waals surface area (Å²) in [6.07, 6.45) is 12.2. The van der Waals surface area contributed by atoms with Crippen LogP contribution in [-0.2, 0) is 16.0 Å². The smallest absolute Gasteiger partial charge is 0.234 e. The van der Waals surface area contributed by atoms with Crippen molar-refractivity contribution in [3.8, 4) is 34.1 Å². The van der Waals surface area contributed by atoms with E-state index in [1.54, 1.807) is 28.2 Å². The van der Waals surface area contributed by atoms with Gasteiger partial charge in [-0.1, -0.05) is 17.4 Å². The van der Waals surface area contributed by atoms with Crippen LogP contribution >= 0.6 is 11.3 Å². The zero-order chi connectivity index (χ0) is 39.0. The minimum Gasteiger partial charge on any atom is -0.357 e. The summed E-state index contributed by atoms with van der Waals surface area (Å²) in [5.41, 5.74) is 5.83. The maximum absolute atomic E-state index is 12.3. The Hall–Kier alpha value is -5.77. The third-order valence-corrected chi connectivity index (χ3v) is 13.3. The summed E-state index contributed by atoms with van der Waals surface area (Å²) < 4.78 is 1.80. The zero-order valence-corrected chi connectivity index (χ0v) is 32.7. The molecular formula is C42H44N12O2S. The lowest BCUT2D eigenvalue weighted by molar-refractivity contribution is -0.134.